The van der Waals surface area contributed by atoms with Gasteiger partial charge in [-0.3, -0.25) is 9.00 Å². The van der Waals surface area contributed by atoms with Crippen molar-refractivity contribution in [1.29, 1.82) is 0 Å². The van der Waals surface area contributed by atoms with Gasteiger partial charge in [0.05, 0.1) is 10.0 Å². The number of carbonyl (C=O) groups is 1. The van der Waals surface area contributed by atoms with Gasteiger partial charge in [0.1, 0.15) is 0 Å². The largest absolute Gasteiger partial charge is 0.337 e. The zero-order chi connectivity index (χ0) is 17.0. The fourth-order valence-electron chi connectivity index (χ4n) is 2.25. The van der Waals surface area contributed by atoms with Crippen molar-refractivity contribution in [2.24, 2.45) is 0 Å². The number of benzene rings is 2. The average molecular weight is 370 g/mol. The third kappa shape index (κ3) is 4.80. The minimum Gasteiger partial charge on any atom is -0.337 e. The van der Waals surface area contributed by atoms with E-state index in [9.17, 15) is 9.00 Å². The standard InChI is InChI=1S/C17H17Cl2NO2S/c1-20(10-14-7-4-8-15(18)16(14)19)17(21)13-6-3-5-12(9-13)11-23(2)22/h3-9H,10-11H2,1-2H3/t23-/m1/s1. The molecule has 1 atom stereocenters. The van der Waals surface area contributed by atoms with Crippen molar-refractivity contribution in [2.75, 3.05) is 13.3 Å². The van der Waals surface area contributed by atoms with Crippen LogP contribution in [0.15, 0.2) is 42.5 Å². The van der Waals surface area contributed by atoms with Crippen LogP contribution in [0.3, 0.4) is 0 Å². The molecule has 2 aromatic carbocycles. The molecular weight excluding hydrogens is 353 g/mol. The molecule has 6 heteroatoms. The second kappa shape index (κ2) is 7.95. The molecule has 1 amide bonds. The molecule has 0 radical (unpaired) electrons. The molecule has 23 heavy (non-hydrogen) atoms. The van der Waals surface area contributed by atoms with E-state index in [4.69, 9.17) is 23.2 Å². The van der Waals surface area contributed by atoms with Crippen LogP contribution < -0.4 is 0 Å². The molecule has 0 aromatic heterocycles. The van der Waals surface area contributed by atoms with E-state index in [0.29, 0.717) is 27.9 Å². The summed E-state index contributed by atoms with van der Waals surface area (Å²) < 4.78 is 11.3. The normalized spacial score (nSPS) is 12.0. The van der Waals surface area contributed by atoms with E-state index in [1.807, 2.05) is 12.1 Å². The molecule has 0 N–H and O–H groups in total. The Morgan fingerprint density at radius 3 is 2.57 bits per heavy atom. The number of hydrogen-bond donors (Lipinski definition) is 0. The van der Waals surface area contributed by atoms with E-state index in [-0.39, 0.29) is 5.91 Å². The fourth-order valence-corrected chi connectivity index (χ4v) is 3.28. The number of nitrogens with zero attached hydrogens (tertiary/aromatic N) is 1. The zero-order valence-corrected chi connectivity index (χ0v) is 15.2. The van der Waals surface area contributed by atoms with Gasteiger partial charge in [-0.2, -0.15) is 0 Å². The Kier molecular flexibility index (Phi) is 6.22. The summed E-state index contributed by atoms with van der Waals surface area (Å²) in [7, 11) is 0.770. The molecule has 0 bridgehead atoms. The molecule has 0 saturated carbocycles. The smallest absolute Gasteiger partial charge is 0.253 e. The van der Waals surface area contributed by atoms with Gasteiger partial charge >= 0.3 is 0 Å². The highest BCUT2D eigenvalue weighted by Crippen LogP contribution is 2.26. The van der Waals surface area contributed by atoms with Crippen molar-refractivity contribution in [2.45, 2.75) is 12.3 Å². The van der Waals surface area contributed by atoms with E-state index in [1.165, 1.54) is 0 Å². The van der Waals surface area contributed by atoms with Gasteiger partial charge in [-0.15, -0.1) is 0 Å². The van der Waals surface area contributed by atoms with Gasteiger partial charge in [-0.05, 0) is 29.3 Å². The van der Waals surface area contributed by atoms with Crippen molar-refractivity contribution in [3.63, 3.8) is 0 Å². The van der Waals surface area contributed by atoms with Crippen LogP contribution in [-0.4, -0.2) is 28.3 Å². The predicted molar refractivity (Wildman–Crippen MR) is 96.5 cm³/mol. The first kappa shape index (κ1) is 18.0. The topological polar surface area (TPSA) is 37.4 Å². The Bertz CT molecular complexity index is 749. The number of rotatable bonds is 5. The van der Waals surface area contributed by atoms with Gasteiger partial charge in [-0.25, -0.2) is 0 Å². The second-order valence-electron chi connectivity index (χ2n) is 5.29. The van der Waals surface area contributed by atoms with E-state index in [1.54, 1.807) is 48.5 Å². The molecule has 0 fully saturated rings. The molecule has 0 spiro atoms. The van der Waals surface area contributed by atoms with Crippen LogP contribution >= 0.6 is 23.2 Å². The van der Waals surface area contributed by atoms with Crippen molar-refractivity contribution in [3.8, 4) is 0 Å². The molecule has 3 nitrogen and oxygen atoms in total. The quantitative estimate of drug-likeness (QED) is 0.793. The van der Waals surface area contributed by atoms with E-state index < -0.39 is 10.8 Å². The third-order valence-electron chi connectivity index (χ3n) is 3.33. The summed E-state index contributed by atoms with van der Waals surface area (Å²) >= 11 is 12.2. The summed E-state index contributed by atoms with van der Waals surface area (Å²) in [4.78, 5) is 14.1. The maximum absolute atomic E-state index is 12.6. The molecule has 2 aromatic rings. The van der Waals surface area contributed by atoms with E-state index in [2.05, 4.69) is 0 Å². The number of halogens is 2. The van der Waals surface area contributed by atoms with Gasteiger partial charge in [0.25, 0.3) is 5.91 Å². The van der Waals surface area contributed by atoms with Gasteiger partial charge in [-0.1, -0.05) is 47.5 Å². The van der Waals surface area contributed by atoms with Gasteiger partial charge in [0.15, 0.2) is 0 Å². The van der Waals surface area contributed by atoms with Crippen LogP contribution in [0, 0.1) is 0 Å². The van der Waals surface area contributed by atoms with Crippen LogP contribution in [-0.2, 0) is 23.1 Å². The fraction of sp³-hybridized carbons (Fsp3) is 0.235. The van der Waals surface area contributed by atoms with Crippen LogP contribution in [0.2, 0.25) is 10.0 Å². The lowest BCUT2D eigenvalue weighted by Crippen LogP contribution is -2.26. The van der Waals surface area contributed by atoms with Crippen molar-refractivity contribution in [3.05, 3.63) is 69.2 Å². The summed E-state index contributed by atoms with van der Waals surface area (Å²) in [5, 5.41) is 0.932. The number of carbonyl (C=O) groups excluding carboxylic acids is 1. The van der Waals surface area contributed by atoms with Gasteiger partial charge in [0.2, 0.25) is 0 Å². The molecule has 2 rings (SSSR count). The van der Waals surface area contributed by atoms with Gasteiger partial charge in [0, 0.05) is 42.0 Å². The summed E-state index contributed by atoms with van der Waals surface area (Å²) in [6.07, 6.45) is 1.64. The summed E-state index contributed by atoms with van der Waals surface area (Å²) in [5.41, 5.74) is 2.24. The maximum atomic E-state index is 12.6. The van der Waals surface area contributed by atoms with Crippen LogP contribution in [0.1, 0.15) is 21.5 Å². The second-order valence-corrected chi connectivity index (χ2v) is 7.51. The van der Waals surface area contributed by atoms with Crippen LogP contribution in [0.5, 0.6) is 0 Å². The molecule has 0 aliphatic rings. The number of amides is 1. The first-order valence-electron chi connectivity index (χ1n) is 6.96. The SMILES string of the molecule is CN(Cc1cccc(Cl)c1Cl)C(=O)c1cccc(C[S@@](C)=O)c1. The summed E-state index contributed by atoms with van der Waals surface area (Å²) in [6, 6.07) is 12.6. The molecule has 0 aliphatic carbocycles. The average Bonchev–Trinajstić information content (AvgIpc) is 2.50. The molecule has 0 heterocycles. The van der Waals surface area contributed by atoms with Crippen molar-refractivity contribution >= 4 is 39.9 Å². The molecule has 0 unspecified atom stereocenters. The Morgan fingerprint density at radius 2 is 1.87 bits per heavy atom. The highest BCUT2D eigenvalue weighted by molar-refractivity contribution is 7.83. The van der Waals surface area contributed by atoms with Crippen LogP contribution in [0.25, 0.3) is 0 Å². The number of hydrogen-bond acceptors (Lipinski definition) is 2. The van der Waals surface area contributed by atoms with E-state index in [0.717, 1.165) is 11.1 Å². The Morgan fingerprint density at radius 1 is 1.17 bits per heavy atom. The monoisotopic (exact) mass is 369 g/mol. The Balaban J connectivity index is 2.16. The first-order chi connectivity index (χ1) is 10.9. The third-order valence-corrected chi connectivity index (χ3v) is 4.93. The predicted octanol–water partition coefficient (Wildman–Crippen LogP) is 4.14. The zero-order valence-electron chi connectivity index (χ0n) is 12.9. The maximum Gasteiger partial charge on any atom is 0.253 e. The van der Waals surface area contributed by atoms with Gasteiger partial charge < -0.3 is 4.90 Å². The highest BCUT2D eigenvalue weighted by atomic mass is 35.5. The minimum atomic E-state index is -0.943. The van der Waals surface area contributed by atoms with Crippen LogP contribution in [0.4, 0.5) is 0 Å². The Hall–Kier alpha value is -1.36. The molecular formula is C17H17Cl2NO2S. The molecule has 0 saturated heterocycles. The molecule has 0 aliphatic heterocycles. The summed E-state index contributed by atoms with van der Waals surface area (Å²) in [6.45, 7) is 0.363. The highest BCUT2D eigenvalue weighted by Gasteiger charge is 2.15. The van der Waals surface area contributed by atoms with E-state index >= 15 is 0 Å². The summed E-state index contributed by atoms with van der Waals surface area (Å²) in [5.74, 6) is 0.315. The lowest BCUT2D eigenvalue weighted by atomic mass is 10.1. The van der Waals surface area contributed by atoms with Crippen molar-refractivity contribution in [1.82, 2.24) is 4.90 Å². The Labute approximate surface area is 148 Å². The lowest BCUT2D eigenvalue weighted by Gasteiger charge is -2.19. The molecule has 122 valence electrons. The lowest BCUT2D eigenvalue weighted by molar-refractivity contribution is 0.0785. The first-order valence-corrected chi connectivity index (χ1v) is 9.44. The minimum absolute atomic E-state index is 0.121. The van der Waals surface area contributed by atoms with Crippen molar-refractivity contribution < 1.29 is 9.00 Å².